The fraction of sp³-hybridized carbons (Fsp3) is 0.286. The molecule has 2 aliphatic rings. The van der Waals surface area contributed by atoms with Crippen LogP contribution in [0.4, 0.5) is 0 Å². The zero-order valence-electron chi connectivity index (χ0n) is 5.95. The highest BCUT2D eigenvalue weighted by Crippen LogP contribution is 2.06. The molecule has 1 saturated heterocycles. The molecule has 2 rings (SSSR count). The number of rotatable bonds is 0. The standard InChI is InChI=1S/C7H9N3S/c11-7-8-5-10-4-2-1-3-6(10)9-7/h1-4,6H,5H2,(H2,8,9,11). The molecule has 1 unspecified atom stereocenters. The topological polar surface area (TPSA) is 27.3 Å². The molecular weight excluding hydrogens is 158 g/mol. The quantitative estimate of drug-likeness (QED) is 0.502. The number of hydrogen-bond acceptors (Lipinski definition) is 2. The van der Waals surface area contributed by atoms with Crippen molar-refractivity contribution < 1.29 is 0 Å². The molecule has 2 N–H and O–H groups in total. The summed E-state index contributed by atoms with van der Waals surface area (Å²) in [6, 6.07) is 0. The molecule has 11 heavy (non-hydrogen) atoms. The molecule has 2 aliphatic heterocycles. The molecule has 3 nitrogen and oxygen atoms in total. The molecule has 0 aromatic rings. The summed E-state index contributed by atoms with van der Waals surface area (Å²) in [6.07, 6.45) is 8.38. The Kier molecular flexibility index (Phi) is 1.54. The first kappa shape index (κ1) is 6.67. The molecule has 58 valence electrons. The third-order valence-electron chi connectivity index (χ3n) is 1.74. The molecule has 0 spiro atoms. The lowest BCUT2D eigenvalue weighted by atomic mass is 10.3. The number of fused-ring (bicyclic) bond motifs is 1. The Balaban J connectivity index is 2.12. The average molecular weight is 167 g/mol. The van der Waals surface area contributed by atoms with Gasteiger partial charge in [0.2, 0.25) is 0 Å². The third kappa shape index (κ3) is 1.21. The number of allylic oxidation sites excluding steroid dienone is 2. The number of nitrogens with zero attached hydrogens (tertiary/aromatic N) is 1. The molecule has 0 aliphatic carbocycles. The van der Waals surface area contributed by atoms with Crippen LogP contribution in [0.1, 0.15) is 0 Å². The molecule has 0 aromatic carbocycles. The first-order chi connectivity index (χ1) is 5.36. The maximum atomic E-state index is 4.97. The second-order valence-electron chi connectivity index (χ2n) is 2.49. The molecule has 4 heteroatoms. The summed E-state index contributed by atoms with van der Waals surface area (Å²) in [5.41, 5.74) is 0. The average Bonchev–Trinajstić information content (AvgIpc) is 2.04. The second kappa shape index (κ2) is 2.54. The minimum atomic E-state index is 0.244. The summed E-state index contributed by atoms with van der Waals surface area (Å²) < 4.78 is 0. The molecule has 1 fully saturated rings. The van der Waals surface area contributed by atoms with E-state index < -0.39 is 0 Å². The highest BCUT2D eigenvalue weighted by Gasteiger charge is 2.19. The van der Waals surface area contributed by atoms with Gasteiger partial charge in [-0.15, -0.1) is 0 Å². The maximum absolute atomic E-state index is 4.97. The predicted octanol–water partition coefficient (Wildman–Crippen LogP) is 0.133. The van der Waals surface area contributed by atoms with Crippen LogP contribution < -0.4 is 10.6 Å². The fourth-order valence-electron chi connectivity index (χ4n) is 1.16. The van der Waals surface area contributed by atoms with Crippen molar-refractivity contribution in [3.8, 4) is 0 Å². The monoisotopic (exact) mass is 167 g/mol. The van der Waals surface area contributed by atoms with Crippen LogP contribution in [0, 0.1) is 0 Å². The smallest absolute Gasteiger partial charge is 0.169 e. The highest BCUT2D eigenvalue weighted by atomic mass is 32.1. The molecule has 0 bridgehead atoms. The first-order valence-corrected chi connectivity index (χ1v) is 3.92. The molecule has 0 aromatic heterocycles. The summed E-state index contributed by atoms with van der Waals surface area (Å²) in [7, 11) is 0. The van der Waals surface area contributed by atoms with Crippen LogP contribution in [0.3, 0.4) is 0 Å². The SMILES string of the molecule is S=C1NCN2C=CC=CC2N1. The number of thiocarbonyl (C=S) groups is 1. The van der Waals surface area contributed by atoms with E-state index in [0.29, 0.717) is 0 Å². The van der Waals surface area contributed by atoms with Gasteiger partial charge in [-0.05, 0) is 24.4 Å². The lowest BCUT2D eigenvalue weighted by Crippen LogP contribution is -2.58. The third-order valence-corrected chi connectivity index (χ3v) is 2.00. The van der Waals surface area contributed by atoms with Gasteiger partial charge in [0.05, 0.1) is 6.67 Å². The van der Waals surface area contributed by atoms with Crippen LogP contribution in [-0.4, -0.2) is 22.8 Å². The Bertz CT molecular complexity index is 234. The van der Waals surface area contributed by atoms with Gasteiger partial charge in [-0.2, -0.15) is 0 Å². The van der Waals surface area contributed by atoms with Crippen molar-refractivity contribution in [2.45, 2.75) is 6.17 Å². The van der Waals surface area contributed by atoms with Crippen molar-refractivity contribution in [2.24, 2.45) is 0 Å². The molecule has 0 radical (unpaired) electrons. The van der Waals surface area contributed by atoms with Crippen LogP contribution in [0.5, 0.6) is 0 Å². The summed E-state index contributed by atoms with van der Waals surface area (Å²) in [5.74, 6) is 0. The van der Waals surface area contributed by atoms with Gasteiger partial charge in [-0.1, -0.05) is 6.08 Å². The van der Waals surface area contributed by atoms with E-state index in [1.54, 1.807) is 0 Å². The van der Waals surface area contributed by atoms with Crippen LogP contribution in [0.2, 0.25) is 0 Å². The van der Waals surface area contributed by atoms with Gasteiger partial charge in [-0.3, -0.25) is 0 Å². The van der Waals surface area contributed by atoms with Crippen LogP contribution in [0.25, 0.3) is 0 Å². The number of nitrogens with one attached hydrogen (secondary N) is 2. The predicted molar refractivity (Wildman–Crippen MR) is 47.6 cm³/mol. The van der Waals surface area contributed by atoms with Gasteiger partial charge in [0, 0.05) is 6.20 Å². The normalized spacial score (nSPS) is 27.5. The molecule has 1 atom stereocenters. The molecule has 0 amide bonds. The summed E-state index contributed by atoms with van der Waals surface area (Å²) in [5, 5.41) is 6.90. The van der Waals surface area contributed by atoms with E-state index >= 15 is 0 Å². The maximum Gasteiger partial charge on any atom is 0.169 e. The van der Waals surface area contributed by atoms with Gasteiger partial charge in [0.25, 0.3) is 0 Å². The number of hydrogen-bond donors (Lipinski definition) is 2. The van der Waals surface area contributed by atoms with E-state index in [4.69, 9.17) is 12.2 Å². The van der Waals surface area contributed by atoms with Crippen LogP contribution in [-0.2, 0) is 0 Å². The zero-order chi connectivity index (χ0) is 7.68. The van der Waals surface area contributed by atoms with E-state index in [0.717, 1.165) is 11.8 Å². The van der Waals surface area contributed by atoms with Gasteiger partial charge in [-0.25, -0.2) is 0 Å². The van der Waals surface area contributed by atoms with Crippen molar-refractivity contribution in [3.05, 3.63) is 24.4 Å². The van der Waals surface area contributed by atoms with Crippen molar-refractivity contribution >= 4 is 17.3 Å². The lowest BCUT2D eigenvalue weighted by Gasteiger charge is -2.36. The molecular formula is C7H9N3S. The van der Waals surface area contributed by atoms with Crippen molar-refractivity contribution in [2.75, 3.05) is 6.67 Å². The van der Waals surface area contributed by atoms with Gasteiger partial charge < -0.3 is 15.5 Å². The largest absolute Gasteiger partial charge is 0.345 e. The van der Waals surface area contributed by atoms with Crippen molar-refractivity contribution in [1.29, 1.82) is 0 Å². The van der Waals surface area contributed by atoms with Gasteiger partial charge in [0.15, 0.2) is 5.11 Å². The van der Waals surface area contributed by atoms with Crippen LogP contribution in [0.15, 0.2) is 24.4 Å². The van der Waals surface area contributed by atoms with Gasteiger partial charge >= 0.3 is 0 Å². The summed E-state index contributed by atoms with van der Waals surface area (Å²) in [4.78, 5) is 2.13. The lowest BCUT2D eigenvalue weighted by molar-refractivity contribution is 0.270. The minimum Gasteiger partial charge on any atom is -0.345 e. The Morgan fingerprint density at radius 3 is 3.36 bits per heavy atom. The summed E-state index contributed by atoms with van der Waals surface area (Å²) >= 11 is 4.97. The van der Waals surface area contributed by atoms with Crippen molar-refractivity contribution in [3.63, 3.8) is 0 Å². The van der Waals surface area contributed by atoms with E-state index in [1.165, 1.54) is 0 Å². The van der Waals surface area contributed by atoms with E-state index in [2.05, 4.69) is 21.6 Å². The zero-order valence-corrected chi connectivity index (χ0v) is 6.77. The van der Waals surface area contributed by atoms with Crippen molar-refractivity contribution in [1.82, 2.24) is 15.5 Å². The minimum absolute atomic E-state index is 0.244. The Hall–Kier alpha value is -1.03. The first-order valence-electron chi connectivity index (χ1n) is 3.51. The molecule has 2 heterocycles. The summed E-state index contributed by atoms with van der Waals surface area (Å²) in [6.45, 7) is 0.789. The van der Waals surface area contributed by atoms with Crippen LogP contribution >= 0.6 is 12.2 Å². The molecule has 0 saturated carbocycles. The highest BCUT2D eigenvalue weighted by molar-refractivity contribution is 7.80. The Morgan fingerprint density at radius 2 is 2.45 bits per heavy atom. The van der Waals surface area contributed by atoms with E-state index in [-0.39, 0.29) is 6.17 Å². The second-order valence-corrected chi connectivity index (χ2v) is 2.90. The van der Waals surface area contributed by atoms with Gasteiger partial charge in [0.1, 0.15) is 6.17 Å². The fourth-order valence-corrected chi connectivity index (χ4v) is 1.35. The Morgan fingerprint density at radius 1 is 1.55 bits per heavy atom. The Labute approximate surface area is 70.8 Å². The van der Waals surface area contributed by atoms with E-state index in [9.17, 15) is 0 Å². The van der Waals surface area contributed by atoms with E-state index in [1.807, 2.05) is 18.4 Å².